The number of piperidine rings is 1. The average molecular weight is 254 g/mol. The highest BCUT2D eigenvalue weighted by Crippen LogP contribution is 2.20. The molecule has 0 spiro atoms. The van der Waals surface area contributed by atoms with Gasteiger partial charge in [-0.2, -0.15) is 0 Å². The van der Waals surface area contributed by atoms with Crippen LogP contribution in [0.1, 0.15) is 46.5 Å². The van der Waals surface area contributed by atoms with E-state index in [1.807, 2.05) is 0 Å². The van der Waals surface area contributed by atoms with E-state index in [4.69, 9.17) is 4.74 Å². The third-order valence-electron chi connectivity index (χ3n) is 4.39. The van der Waals surface area contributed by atoms with E-state index in [2.05, 4.69) is 31.0 Å². The molecule has 2 rings (SSSR count). The first kappa shape index (κ1) is 14.3. The second-order valence-electron chi connectivity index (χ2n) is 6.92. The van der Waals surface area contributed by atoms with Crippen molar-refractivity contribution >= 4 is 0 Å². The third-order valence-corrected chi connectivity index (χ3v) is 4.39. The van der Waals surface area contributed by atoms with Crippen LogP contribution >= 0.6 is 0 Å². The number of nitrogens with one attached hydrogen (secondary N) is 1. The van der Waals surface area contributed by atoms with Gasteiger partial charge in [0.05, 0.1) is 6.61 Å². The van der Waals surface area contributed by atoms with Crippen molar-refractivity contribution in [3.8, 4) is 0 Å². The fraction of sp³-hybridized carbons (Fsp3) is 1.00. The standard InChI is InChI=1S/C15H30N2O/c1-15(2,3)17-8-6-14(7-9-17)16-11-13-5-4-10-18-12-13/h13-14,16H,4-12H2,1-3H3. The number of hydrogen-bond donors (Lipinski definition) is 1. The lowest BCUT2D eigenvalue weighted by molar-refractivity contribution is 0.0503. The number of hydrogen-bond acceptors (Lipinski definition) is 3. The lowest BCUT2D eigenvalue weighted by Crippen LogP contribution is -2.50. The summed E-state index contributed by atoms with van der Waals surface area (Å²) >= 11 is 0. The normalized spacial score (nSPS) is 28.5. The van der Waals surface area contributed by atoms with E-state index >= 15 is 0 Å². The summed E-state index contributed by atoms with van der Waals surface area (Å²) in [6.07, 6.45) is 5.18. The summed E-state index contributed by atoms with van der Waals surface area (Å²) in [4.78, 5) is 2.61. The Morgan fingerprint density at radius 2 is 1.89 bits per heavy atom. The molecule has 2 aliphatic rings. The van der Waals surface area contributed by atoms with Gasteiger partial charge in [-0.3, -0.25) is 4.90 Å². The molecule has 2 heterocycles. The number of ether oxygens (including phenoxy) is 1. The van der Waals surface area contributed by atoms with Gasteiger partial charge in [0.15, 0.2) is 0 Å². The predicted molar refractivity (Wildman–Crippen MR) is 75.9 cm³/mol. The molecule has 106 valence electrons. The van der Waals surface area contributed by atoms with E-state index in [0.29, 0.717) is 5.54 Å². The second kappa shape index (κ2) is 6.36. The molecular formula is C15H30N2O. The molecular weight excluding hydrogens is 224 g/mol. The van der Waals surface area contributed by atoms with Crippen LogP contribution in [0.25, 0.3) is 0 Å². The Morgan fingerprint density at radius 3 is 2.44 bits per heavy atom. The molecule has 0 aromatic carbocycles. The van der Waals surface area contributed by atoms with Gasteiger partial charge < -0.3 is 10.1 Å². The van der Waals surface area contributed by atoms with Gasteiger partial charge in [-0.15, -0.1) is 0 Å². The molecule has 1 N–H and O–H groups in total. The summed E-state index contributed by atoms with van der Waals surface area (Å²) in [7, 11) is 0. The van der Waals surface area contributed by atoms with E-state index in [0.717, 1.165) is 31.7 Å². The highest BCUT2D eigenvalue weighted by Gasteiger charge is 2.27. The summed E-state index contributed by atoms with van der Waals surface area (Å²) in [5.74, 6) is 0.749. The lowest BCUT2D eigenvalue weighted by Gasteiger charge is -2.41. The Morgan fingerprint density at radius 1 is 1.17 bits per heavy atom. The van der Waals surface area contributed by atoms with Gasteiger partial charge in [-0.1, -0.05) is 0 Å². The fourth-order valence-corrected chi connectivity index (χ4v) is 3.06. The van der Waals surface area contributed by atoms with Crippen LogP contribution in [0.15, 0.2) is 0 Å². The van der Waals surface area contributed by atoms with E-state index in [9.17, 15) is 0 Å². The molecule has 3 heteroatoms. The van der Waals surface area contributed by atoms with E-state index < -0.39 is 0 Å². The molecule has 2 fully saturated rings. The molecule has 0 saturated carbocycles. The highest BCUT2D eigenvalue weighted by molar-refractivity contribution is 4.84. The molecule has 0 aliphatic carbocycles. The Labute approximate surface area is 112 Å². The highest BCUT2D eigenvalue weighted by atomic mass is 16.5. The van der Waals surface area contributed by atoms with Crippen molar-refractivity contribution in [1.29, 1.82) is 0 Å². The molecule has 2 saturated heterocycles. The monoisotopic (exact) mass is 254 g/mol. The molecule has 2 aliphatic heterocycles. The zero-order chi connectivity index (χ0) is 13.0. The summed E-state index contributed by atoms with van der Waals surface area (Å²) in [6, 6.07) is 0.727. The molecule has 1 unspecified atom stereocenters. The van der Waals surface area contributed by atoms with Crippen LogP contribution in [0.4, 0.5) is 0 Å². The van der Waals surface area contributed by atoms with Crippen LogP contribution in [0.5, 0.6) is 0 Å². The van der Waals surface area contributed by atoms with Crippen molar-refractivity contribution < 1.29 is 4.74 Å². The Balaban J connectivity index is 1.64. The quantitative estimate of drug-likeness (QED) is 0.836. The Kier molecular flexibility index (Phi) is 5.05. The van der Waals surface area contributed by atoms with Crippen LogP contribution in [-0.4, -0.2) is 49.3 Å². The van der Waals surface area contributed by atoms with Crippen molar-refractivity contribution in [2.45, 2.75) is 58.0 Å². The Bertz CT molecular complexity index is 235. The SMILES string of the molecule is CC(C)(C)N1CCC(NCC2CCCOC2)CC1. The zero-order valence-electron chi connectivity index (χ0n) is 12.4. The number of likely N-dealkylation sites (tertiary alicyclic amines) is 1. The summed E-state index contributed by atoms with van der Waals surface area (Å²) < 4.78 is 5.54. The molecule has 0 aromatic heterocycles. The van der Waals surface area contributed by atoms with Gasteiger partial charge in [-0.25, -0.2) is 0 Å². The van der Waals surface area contributed by atoms with Gasteiger partial charge in [0, 0.05) is 37.8 Å². The van der Waals surface area contributed by atoms with Gasteiger partial charge in [0.25, 0.3) is 0 Å². The minimum Gasteiger partial charge on any atom is -0.381 e. The Hall–Kier alpha value is -0.120. The second-order valence-corrected chi connectivity index (χ2v) is 6.92. The third kappa shape index (κ3) is 4.22. The minimum atomic E-state index is 0.335. The van der Waals surface area contributed by atoms with Crippen molar-refractivity contribution in [3.63, 3.8) is 0 Å². The van der Waals surface area contributed by atoms with Crippen LogP contribution in [0.3, 0.4) is 0 Å². The van der Waals surface area contributed by atoms with E-state index in [-0.39, 0.29) is 0 Å². The summed E-state index contributed by atoms with van der Waals surface area (Å²) in [5.41, 5.74) is 0.335. The summed E-state index contributed by atoms with van der Waals surface area (Å²) in [6.45, 7) is 12.5. The topological polar surface area (TPSA) is 24.5 Å². The van der Waals surface area contributed by atoms with Crippen LogP contribution in [0, 0.1) is 5.92 Å². The van der Waals surface area contributed by atoms with Crippen molar-refractivity contribution in [3.05, 3.63) is 0 Å². The van der Waals surface area contributed by atoms with Crippen molar-refractivity contribution in [2.24, 2.45) is 5.92 Å². The van der Waals surface area contributed by atoms with Crippen LogP contribution < -0.4 is 5.32 Å². The van der Waals surface area contributed by atoms with E-state index in [1.165, 1.54) is 38.8 Å². The van der Waals surface area contributed by atoms with Gasteiger partial charge in [-0.05, 0) is 52.4 Å². The zero-order valence-corrected chi connectivity index (χ0v) is 12.4. The fourth-order valence-electron chi connectivity index (χ4n) is 3.06. The molecule has 3 nitrogen and oxygen atoms in total. The first-order chi connectivity index (χ1) is 8.55. The maximum atomic E-state index is 5.54. The van der Waals surface area contributed by atoms with Crippen molar-refractivity contribution in [1.82, 2.24) is 10.2 Å². The first-order valence-corrected chi connectivity index (χ1v) is 7.62. The minimum absolute atomic E-state index is 0.335. The molecule has 0 radical (unpaired) electrons. The number of rotatable bonds is 3. The lowest BCUT2D eigenvalue weighted by atomic mass is 9.97. The average Bonchev–Trinajstić information content (AvgIpc) is 2.37. The summed E-state index contributed by atoms with van der Waals surface area (Å²) in [5, 5.41) is 3.76. The maximum absolute atomic E-state index is 5.54. The van der Waals surface area contributed by atoms with Crippen molar-refractivity contribution in [2.75, 3.05) is 32.8 Å². The van der Waals surface area contributed by atoms with E-state index in [1.54, 1.807) is 0 Å². The van der Waals surface area contributed by atoms with Crippen LogP contribution in [-0.2, 0) is 4.74 Å². The first-order valence-electron chi connectivity index (χ1n) is 7.62. The van der Waals surface area contributed by atoms with Gasteiger partial charge >= 0.3 is 0 Å². The molecule has 0 amide bonds. The molecule has 0 bridgehead atoms. The molecule has 18 heavy (non-hydrogen) atoms. The number of nitrogens with zero attached hydrogens (tertiary/aromatic N) is 1. The van der Waals surface area contributed by atoms with Crippen LogP contribution in [0.2, 0.25) is 0 Å². The smallest absolute Gasteiger partial charge is 0.0506 e. The predicted octanol–water partition coefficient (Wildman–Crippen LogP) is 2.27. The van der Waals surface area contributed by atoms with Gasteiger partial charge in [0.1, 0.15) is 0 Å². The maximum Gasteiger partial charge on any atom is 0.0506 e. The molecule has 0 aromatic rings. The largest absolute Gasteiger partial charge is 0.381 e. The molecule has 1 atom stereocenters. The van der Waals surface area contributed by atoms with Gasteiger partial charge in [0.2, 0.25) is 0 Å².